The Kier molecular flexibility index (Phi) is 6.34. The first-order valence-corrected chi connectivity index (χ1v) is 9.13. The van der Waals surface area contributed by atoms with Crippen LogP contribution in [0.1, 0.15) is 47.6 Å². The van der Waals surface area contributed by atoms with Crippen molar-refractivity contribution in [2.75, 3.05) is 5.32 Å². The maximum Gasteiger partial charge on any atom is 0.418 e. The van der Waals surface area contributed by atoms with Gasteiger partial charge in [-0.25, -0.2) is 0 Å². The molecule has 0 fully saturated rings. The van der Waals surface area contributed by atoms with Crippen molar-refractivity contribution in [3.63, 3.8) is 0 Å². The maximum atomic E-state index is 13.5. The van der Waals surface area contributed by atoms with Gasteiger partial charge >= 0.3 is 6.18 Å². The minimum atomic E-state index is -4.56. The number of rotatable bonds is 5. The topological polar surface area (TPSA) is 42.0 Å². The maximum absolute atomic E-state index is 13.5. The fourth-order valence-electron chi connectivity index (χ4n) is 2.37. The molecule has 0 aliphatic heterocycles. The van der Waals surface area contributed by atoms with Crippen LogP contribution >= 0.6 is 11.8 Å². The fourth-order valence-corrected chi connectivity index (χ4v) is 3.34. The van der Waals surface area contributed by atoms with Gasteiger partial charge in [-0.15, -0.1) is 11.8 Å². The molecule has 0 saturated heterocycles. The molecule has 1 atom stereocenters. The number of hydrogen-bond acceptors (Lipinski definition) is 3. The third-order valence-corrected chi connectivity index (χ3v) is 5.19. The van der Waals surface area contributed by atoms with E-state index in [1.54, 1.807) is 32.0 Å². The van der Waals surface area contributed by atoms with E-state index < -0.39 is 17.6 Å². The SMILES string of the molecule is CCC(C)Sc1ccc(NC(=O)c2ccc(C)nc2C)c(C(F)(F)F)c1. The molecule has 2 rings (SSSR count). The third kappa shape index (κ3) is 5.00. The van der Waals surface area contributed by atoms with Gasteiger partial charge in [-0.3, -0.25) is 9.78 Å². The number of halogens is 3. The monoisotopic (exact) mass is 382 g/mol. The standard InChI is InChI=1S/C19H21F3N2OS/c1-5-12(3)26-14-7-9-17(16(10-14)19(20,21)22)24-18(25)15-8-6-11(2)23-13(15)4/h6-10,12H,5H2,1-4H3,(H,24,25). The molecule has 0 bridgehead atoms. The Labute approximate surface area is 155 Å². The highest BCUT2D eigenvalue weighted by molar-refractivity contribution is 7.99. The molecule has 7 heteroatoms. The van der Waals surface area contributed by atoms with E-state index in [4.69, 9.17) is 0 Å². The van der Waals surface area contributed by atoms with Crippen LogP contribution in [0, 0.1) is 13.8 Å². The Morgan fingerprint density at radius 1 is 1.23 bits per heavy atom. The lowest BCUT2D eigenvalue weighted by atomic mass is 10.1. The summed E-state index contributed by atoms with van der Waals surface area (Å²) in [5.74, 6) is -0.608. The van der Waals surface area contributed by atoms with Crippen molar-refractivity contribution in [2.45, 2.75) is 50.4 Å². The molecule has 140 valence electrons. The molecule has 0 spiro atoms. The Bertz CT molecular complexity index is 806. The number of aromatic nitrogens is 1. The lowest BCUT2D eigenvalue weighted by Gasteiger charge is -2.17. The molecule has 0 aliphatic carbocycles. The summed E-state index contributed by atoms with van der Waals surface area (Å²) in [4.78, 5) is 17.1. The fraction of sp³-hybridized carbons (Fsp3) is 0.368. The van der Waals surface area contributed by atoms with Crippen LogP contribution < -0.4 is 5.32 Å². The molecular formula is C19H21F3N2OS. The first-order valence-electron chi connectivity index (χ1n) is 8.25. The molecular weight excluding hydrogens is 361 g/mol. The lowest BCUT2D eigenvalue weighted by molar-refractivity contribution is -0.137. The summed E-state index contributed by atoms with van der Waals surface area (Å²) in [6.07, 6.45) is -3.71. The van der Waals surface area contributed by atoms with E-state index in [0.717, 1.165) is 18.2 Å². The Morgan fingerprint density at radius 2 is 1.92 bits per heavy atom. The van der Waals surface area contributed by atoms with Crippen LogP contribution in [0.4, 0.5) is 18.9 Å². The van der Waals surface area contributed by atoms with Gasteiger partial charge in [-0.1, -0.05) is 13.8 Å². The van der Waals surface area contributed by atoms with E-state index >= 15 is 0 Å². The van der Waals surface area contributed by atoms with Crippen LogP contribution in [-0.4, -0.2) is 16.1 Å². The Morgan fingerprint density at radius 3 is 2.50 bits per heavy atom. The van der Waals surface area contributed by atoms with Crippen molar-refractivity contribution in [3.8, 4) is 0 Å². The number of carbonyl (C=O) groups excluding carboxylic acids is 1. The van der Waals surface area contributed by atoms with Gasteiger partial charge in [0, 0.05) is 15.8 Å². The quantitative estimate of drug-likeness (QED) is 0.659. The molecule has 0 radical (unpaired) electrons. The molecule has 1 aromatic heterocycles. The van der Waals surface area contributed by atoms with Gasteiger partial charge < -0.3 is 5.32 Å². The van der Waals surface area contributed by atoms with E-state index in [-0.39, 0.29) is 16.5 Å². The van der Waals surface area contributed by atoms with Crippen LogP contribution in [0.2, 0.25) is 0 Å². The van der Waals surface area contributed by atoms with Crippen molar-refractivity contribution < 1.29 is 18.0 Å². The van der Waals surface area contributed by atoms with Gasteiger partial charge in [-0.05, 0) is 50.6 Å². The van der Waals surface area contributed by atoms with Crippen molar-refractivity contribution in [1.82, 2.24) is 4.98 Å². The molecule has 1 amide bonds. The Hall–Kier alpha value is -2.02. The van der Waals surface area contributed by atoms with E-state index in [0.29, 0.717) is 10.6 Å². The first kappa shape index (κ1) is 20.3. The summed E-state index contributed by atoms with van der Waals surface area (Å²) in [5, 5.41) is 2.59. The molecule has 1 N–H and O–H groups in total. The van der Waals surface area contributed by atoms with Crippen LogP contribution in [0.15, 0.2) is 35.2 Å². The number of hydrogen-bond donors (Lipinski definition) is 1. The first-order chi connectivity index (χ1) is 12.1. The molecule has 1 heterocycles. The highest BCUT2D eigenvalue weighted by Crippen LogP contribution is 2.38. The number of anilines is 1. The summed E-state index contributed by atoms with van der Waals surface area (Å²) in [6.45, 7) is 7.37. The Balaban J connectivity index is 2.34. The summed E-state index contributed by atoms with van der Waals surface area (Å²) in [7, 11) is 0. The van der Waals surface area contributed by atoms with E-state index in [1.807, 2.05) is 13.8 Å². The van der Waals surface area contributed by atoms with E-state index in [2.05, 4.69) is 10.3 Å². The molecule has 0 saturated carbocycles. The predicted molar refractivity (Wildman–Crippen MR) is 98.7 cm³/mol. The number of nitrogens with zero attached hydrogens (tertiary/aromatic N) is 1. The summed E-state index contributed by atoms with van der Waals surface area (Å²) >= 11 is 1.38. The van der Waals surface area contributed by atoms with Crippen LogP contribution in [-0.2, 0) is 6.18 Å². The van der Waals surface area contributed by atoms with Gasteiger partial charge in [0.2, 0.25) is 0 Å². The van der Waals surface area contributed by atoms with Gasteiger partial charge in [-0.2, -0.15) is 13.2 Å². The highest BCUT2D eigenvalue weighted by Gasteiger charge is 2.34. The van der Waals surface area contributed by atoms with E-state index in [9.17, 15) is 18.0 Å². The van der Waals surface area contributed by atoms with Crippen molar-refractivity contribution in [3.05, 3.63) is 52.8 Å². The second kappa shape index (κ2) is 8.12. The number of pyridine rings is 1. The molecule has 1 unspecified atom stereocenters. The minimum Gasteiger partial charge on any atom is -0.321 e. The molecule has 26 heavy (non-hydrogen) atoms. The smallest absolute Gasteiger partial charge is 0.321 e. The zero-order valence-corrected chi connectivity index (χ0v) is 15.9. The summed E-state index contributed by atoms with van der Waals surface area (Å²) in [6, 6.07) is 7.21. The third-order valence-electron chi connectivity index (χ3n) is 3.93. The van der Waals surface area contributed by atoms with Crippen molar-refractivity contribution in [1.29, 1.82) is 0 Å². The molecule has 3 nitrogen and oxygen atoms in total. The summed E-state index contributed by atoms with van der Waals surface area (Å²) in [5.41, 5.74) is 0.357. The second-order valence-corrected chi connectivity index (χ2v) is 7.59. The second-order valence-electron chi connectivity index (χ2n) is 6.08. The zero-order valence-electron chi connectivity index (χ0n) is 15.1. The molecule has 0 aliphatic rings. The average Bonchev–Trinajstić information content (AvgIpc) is 2.54. The van der Waals surface area contributed by atoms with E-state index in [1.165, 1.54) is 17.8 Å². The van der Waals surface area contributed by atoms with Crippen LogP contribution in [0.3, 0.4) is 0 Å². The van der Waals surface area contributed by atoms with Crippen molar-refractivity contribution in [2.24, 2.45) is 0 Å². The van der Waals surface area contributed by atoms with Gasteiger partial charge in [0.05, 0.1) is 22.5 Å². The number of carbonyl (C=O) groups is 1. The average molecular weight is 382 g/mol. The number of thioether (sulfide) groups is 1. The number of nitrogens with one attached hydrogen (secondary N) is 1. The number of amides is 1. The largest absolute Gasteiger partial charge is 0.418 e. The van der Waals surface area contributed by atoms with Crippen LogP contribution in [0.5, 0.6) is 0 Å². The minimum absolute atomic E-state index is 0.206. The molecule has 1 aromatic carbocycles. The number of aryl methyl sites for hydroxylation is 2. The predicted octanol–water partition coefficient (Wildman–Crippen LogP) is 5.86. The van der Waals surface area contributed by atoms with Gasteiger partial charge in [0.25, 0.3) is 5.91 Å². The number of benzene rings is 1. The van der Waals surface area contributed by atoms with Gasteiger partial charge in [0.15, 0.2) is 0 Å². The van der Waals surface area contributed by atoms with Crippen molar-refractivity contribution >= 4 is 23.4 Å². The summed E-state index contributed by atoms with van der Waals surface area (Å²) < 4.78 is 40.4. The molecule has 2 aromatic rings. The highest BCUT2D eigenvalue weighted by atomic mass is 32.2. The number of alkyl halides is 3. The normalized spacial score (nSPS) is 12.7. The lowest BCUT2D eigenvalue weighted by Crippen LogP contribution is -2.18. The van der Waals surface area contributed by atoms with Crippen LogP contribution in [0.25, 0.3) is 0 Å². The van der Waals surface area contributed by atoms with Gasteiger partial charge in [0.1, 0.15) is 0 Å². The zero-order chi connectivity index (χ0) is 19.5.